The Morgan fingerprint density at radius 3 is 1.60 bits per heavy atom. The molecule has 1 aliphatic rings. The molecule has 2 N–H and O–H groups in total. The quantitative estimate of drug-likeness (QED) is 0.511. The van der Waals surface area contributed by atoms with E-state index in [4.69, 9.17) is 10.4 Å². The fourth-order valence-electron chi connectivity index (χ4n) is 1.09. The maximum Gasteiger partial charge on any atom is 0.0473 e. The predicted octanol–water partition coefficient (Wildman–Crippen LogP) is 0.159. The van der Waals surface area contributed by atoms with E-state index in [1.54, 1.807) is 0 Å². The van der Waals surface area contributed by atoms with Crippen molar-refractivity contribution in [3.8, 4) is 0 Å². The number of nitrogens with zero attached hydrogens (tertiary/aromatic N) is 2. The molecule has 0 aromatic carbocycles. The third-order valence-corrected chi connectivity index (χ3v) is 1.92. The summed E-state index contributed by atoms with van der Waals surface area (Å²) in [6.07, 6.45) is 0. The molecule has 0 saturated carbocycles. The van der Waals surface area contributed by atoms with Crippen molar-refractivity contribution in [3.05, 3.63) is 0 Å². The minimum absolute atomic E-state index is 0.0289. The Hall–Kier alpha value is -0.160. The number of piperazine rings is 1. The largest absolute Gasteiger partial charge is 0.314 e. The maximum atomic E-state index is 9.16. The van der Waals surface area contributed by atoms with E-state index in [-0.39, 0.29) is 12.1 Å². The van der Waals surface area contributed by atoms with Crippen molar-refractivity contribution in [2.45, 2.75) is 25.9 Å². The fraction of sp³-hybridized carbons (Fsp3) is 1.00. The summed E-state index contributed by atoms with van der Waals surface area (Å²) >= 11 is 0. The number of rotatable bonds is 0. The zero-order valence-electron chi connectivity index (χ0n) is 6.36. The molecule has 2 unspecified atom stereocenters. The minimum Gasteiger partial charge on any atom is -0.314 e. The Bertz CT molecular complexity index is 94.3. The molecule has 0 aromatic heterocycles. The summed E-state index contributed by atoms with van der Waals surface area (Å²) in [7, 11) is 0. The van der Waals surface area contributed by atoms with Crippen molar-refractivity contribution < 1.29 is 10.4 Å². The van der Waals surface area contributed by atoms with Gasteiger partial charge in [0.2, 0.25) is 0 Å². The highest BCUT2D eigenvalue weighted by Gasteiger charge is 2.26. The first-order valence-corrected chi connectivity index (χ1v) is 3.52. The lowest BCUT2D eigenvalue weighted by molar-refractivity contribution is -0.231. The molecule has 1 fully saturated rings. The summed E-state index contributed by atoms with van der Waals surface area (Å²) in [5.41, 5.74) is 0. The van der Waals surface area contributed by atoms with Gasteiger partial charge in [-0.1, -0.05) is 0 Å². The van der Waals surface area contributed by atoms with Crippen LogP contribution in [0.1, 0.15) is 13.8 Å². The summed E-state index contributed by atoms with van der Waals surface area (Å²) in [6, 6.07) is 0.0578. The Labute approximate surface area is 60.6 Å². The Kier molecular flexibility index (Phi) is 2.25. The van der Waals surface area contributed by atoms with Crippen molar-refractivity contribution in [3.63, 3.8) is 0 Å². The molecule has 10 heavy (non-hydrogen) atoms. The molecule has 0 bridgehead atoms. The molecule has 0 amide bonds. The van der Waals surface area contributed by atoms with Crippen LogP contribution in [0.2, 0.25) is 0 Å². The summed E-state index contributed by atoms with van der Waals surface area (Å²) in [5.74, 6) is 0. The third-order valence-electron chi connectivity index (χ3n) is 1.92. The van der Waals surface area contributed by atoms with Gasteiger partial charge in [0, 0.05) is 25.2 Å². The van der Waals surface area contributed by atoms with Gasteiger partial charge in [-0.2, -0.15) is 10.1 Å². The van der Waals surface area contributed by atoms with Crippen LogP contribution in [0.5, 0.6) is 0 Å². The number of hydrogen-bond donors (Lipinski definition) is 2. The van der Waals surface area contributed by atoms with E-state index >= 15 is 0 Å². The SMILES string of the molecule is CC1CN(O)C(C)CN1O. The topological polar surface area (TPSA) is 46.9 Å². The van der Waals surface area contributed by atoms with Crippen molar-refractivity contribution in [2.24, 2.45) is 0 Å². The van der Waals surface area contributed by atoms with Gasteiger partial charge in [-0.25, -0.2) is 0 Å². The van der Waals surface area contributed by atoms with E-state index in [0.717, 1.165) is 0 Å². The first-order chi connectivity index (χ1) is 4.61. The Balaban J connectivity index is 2.46. The van der Waals surface area contributed by atoms with Gasteiger partial charge in [-0.3, -0.25) is 0 Å². The summed E-state index contributed by atoms with van der Waals surface area (Å²) in [6.45, 7) is 4.76. The molecule has 0 aliphatic carbocycles. The molecule has 1 rings (SSSR count). The normalized spacial score (nSPS) is 38.4. The van der Waals surface area contributed by atoms with Gasteiger partial charge in [0.25, 0.3) is 0 Å². The van der Waals surface area contributed by atoms with Crippen LogP contribution < -0.4 is 0 Å². The molecule has 1 saturated heterocycles. The average molecular weight is 146 g/mol. The second kappa shape index (κ2) is 2.84. The minimum atomic E-state index is 0.0289. The van der Waals surface area contributed by atoms with E-state index in [1.165, 1.54) is 10.1 Å². The molecule has 1 heterocycles. The van der Waals surface area contributed by atoms with Crippen LogP contribution in [0.15, 0.2) is 0 Å². The monoisotopic (exact) mass is 146 g/mol. The van der Waals surface area contributed by atoms with Crippen molar-refractivity contribution >= 4 is 0 Å². The molecular weight excluding hydrogens is 132 g/mol. The smallest absolute Gasteiger partial charge is 0.0473 e. The lowest BCUT2D eigenvalue weighted by atomic mass is 10.2. The van der Waals surface area contributed by atoms with Crippen LogP contribution in [-0.2, 0) is 0 Å². The van der Waals surface area contributed by atoms with Gasteiger partial charge >= 0.3 is 0 Å². The van der Waals surface area contributed by atoms with Gasteiger partial charge in [-0.05, 0) is 13.8 Å². The predicted molar refractivity (Wildman–Crippen MR) is 35.9 cm³/mol. The zero-order valence-corrected chi connectivity index (χ0v) is 6.36. The average Bonchev–Trinajstić information content (AvgIpc) is 1.84. The highest BCUT2D eigenvalue weighted by atomic mass is 16.5. The first-order valence-electron chi connectivity index (χ1n) is 3.52. The van der Waals surface area contributed by atoms with Crippen LogP contribution >= 0.6 is 0 Å². The fourth-order valence-corrected chi connectivity index (χ4v) is 1.09. The summed E-state index contributed by atoms with van der Waals surface area (Å²) in [5, 5.41) is 20.8. The lowest BCUT2D eigenvalue weighted by Crippen LogP contribution is -2.53. The van der Waals surface area contributed by atoms with Gasteiger partial charge in [0.1, 0.15) is 0 Å². The zero-order chi connectivity index (χ0) is 7.72. The van der Waals surface area contributed by atoms with E-state index in [1.807, 2.05) is 13.8 Å². The molecule has 4 heteroatoms. The van der Waals surface area contributed by atoms with Crippen molar-refractivity contribution in [1.29, 1.82) is 0 Å². The van der Waals surface area contributed by atoms with Crippen LogP contribution in [0.4, 0.5) is 0 Å². The molecular formula is C6H14N2O2. The maximum absolute atomic E-state index is 9.16. The van der Waals surface area contributed by atoms with Crippen LogP contribution in [0.3, 0.4) is 0 Å². The van der Waals surface area contributed by atoms with Gasteiger partial charge in [-0.15, -0.1) is 0 Å². The van der Waals surface area contributed by atoms with Gasteiger partial charge in [0.15, 0.2) is 0 Å². The van der Waals surface area contributed by atoms with E-state index < -0.39 is 0 Å². The Morgan fingerprint density at radius 2 is 1.30 bits per heavy atom. The molecule has 0 aromatic rings. The number of hydroxylamine groups is 4. The second-order valence-electron chi connectivity index (χ2n) is 2.94. The lowest BCUT2D eigenvalue weighted by Gasteiger charge is -2.37. The van der Waals surface area contributed by atoms with Crippen molar-refractivity contribution in [2.75, 3.05) is 13.1 Å². The van der Waals surface area contributed by atoms with Gasteiger partial charge < -0.3 is 10.4 Å². The summed E-state index contributed by atoms with van der Waals surface area (Å²) < 4.78 is 0. The molecule has 2 atom stereocenters. The van der Waals surface area contributed by atoms with Gasteiger partial charge in [0.05, 0.1) is 0 Å². The van der Waals surface area contributed by atoms with Crippen LogP contribution in [-0.4, -0.2) is 45.7 Å². The Morgan fingerprint density at radius 1 is 1.00 bits per heavy atom. The first kappa shape index (κ1) is 7.94. The number of hydrogen-bond acceptors (Lipinski definition) is 4. The third kappa shape index (κ3) is 1.46. The van der Waals surface area contributed by atoms with E-state index in [2.05, 4.69) is 0 Å². The molecule has 0 spiro atoms. The van der Waals surface area contributed by atoms with Crippen LogP contribution in [0, 0.1) is 0 Å². The summed E-state index contributed by atoms with van der Waals surface area (Å²) in [4.78, 5) is 0. The highest BCUT2D eigenvalue weighted by molar-refractivity contribution is 4.74. The highest BCUT2D eigenvalue weighted by Crippen LogP contribution is 2.09. The molecule has 0 radical (unpaired) electrons. The standard InChI is InChI=1S/C6H14N2O2/c1-5-3-8(10)6(2)4-7(5)9/h5-6,9-10H,3-4H2,1-2H3. The molecule has 4 nitrogen and oxygen atoms in total. The van der Waals surface area contributed by atoms with E-state index in [9.17, 15) is 0 Å². The van der Waals surface area contributed by atoms with E-state index in [0.29, 0.717) is 13.1 Å². The van der Waals surface area contributed by atoms with Crippen LogP contribution in [0.25, 0.3) is 0 Å². The second-order valence-corrected chi connectivity index (χ2v) is 2.94. The molecule has 1 aliphatic heterocycles. The molecule has 60 valence electrons. The van der Waals surface area contributed by atoms with Crippen molar-refractivity contribution in [1.82, 2.24) is 10.1 Å².